The number of benzene rings is 1. The highest BCUT2D eigenvalue weighted by atomic mass is 16.5. The summed E-state index contributed by atoms with van der Waals surface area (Å²) in [7, 11) is 5.13. The van der Waals surface area contributed by atoms with Crippen molar-refractivity contribution in [2.75, 3.05) is 69.0 Å². The molecule has 1 aliphatic heterocycles. The number of hydrogen-bond acceptors (Lipinski definition) is 7. The molecule has 3 rings (SSSR count). The second-order valence-corrected chi connectivity index (χ2v) is 7.51. The highest BCUT2D eigenvalue weighted by molar-refractivity contribution is 6.04. The number of aromatic hydroxyl groups is 1. The lowest BCUT2D eigenvalue weighted by molar-refractivity contribution is 0.0828. The van der Waals surface area contributed by atoms with Gasteiger partial charge in [0.2, 0.25) is 0 Å². The van der Waals surface area contributed by atoms with Gasteiger partial charge in [0.15, 0.2) is 0 Å². The first kappa shape index (κ1) is 21.5. The molecule has 8 heteroatoms. The summed E-state index contributed by atoms with van der Waals surface area (Å²) in [6.45, 7) is 5.91. The summed E-state index contributed by atoms with van der Waals surface area (Å²) in [5.41, 5.74) is 2.48. The number of phenolic OH excluding ortho intramolecular Hbond substituents is 1. The lowest BCUT2D eigenvalue weighted by atomic mass is 10.1. The summed E-state index contributed by atoms with van der Waals surface area (Å²) in [5.74, 6) is 1.42. The van der Waals surface area contributed by atoms with Crippen molar-refractivity contribution >= 4 is 23.1 Å². The Balaban J connectivity index is 1.84. The molecule has 1 fully saturated rings. The van der Waals surface area contributed by atoms with E-state index in [0.717, 1.165) is 50.5 Å². The quantitative estimate of drug-likeness (QED) is 0.722. The fourth-order valence-electron chi connectivity index (χ4n) is 3.64. The van der Waals surface area contributed by atoms with Gasteiger partial charge in [-0.15, -0.1) is 0 Å². The molecule has 30 heavy (non-hydrogen) atoms. The maximum absolute atomic E-state index is 13.0. The first-order valence-corrected chi connectivity index (χ1v) is 10.3. The van der Waals surface area contributed by atoms with Crippen molar-refractivity contribution in [3.05, 3.63) is 36.0 Å². The summed E-state index contributed by atoms with van der Waals surface area (Å²) in [6.07, 6.45) is 2.71. The Morgan fingerprint density at radius 3 is 2.43 bits per heavy atom. The zero-order valence-electron chi connectivity index (χ0n) is 18.2. The standard InChI is InChI=1S/C22H31N5O3/c1-5-9-23-21-20(22(29)25(2)3)18(8-10-24-21)27-13-11-26(12-14-27)17-7-6-16(28)15-19(17)30-4/h6-8,10,15,28H,5,9,11-14H2,1-4H3,(H,23,24). The predicted octanol–water partition coefficient (Wildman–Crippen LogP) is 2.65. The van der Waals surface area contributed by atoms with E-state index in [1.54, 1.807) is 44.4 Å². The van der Waals surface area contributed by atoms with Gasteiger partial charge in [-0.05, 0) is 24.6 Å². The normalized spacial score (nSPS) is 13.9. The van der Waals surface area contributed by atoms with E-state index in [0.29, 0.717) is 17.1 Å². The summed E-state index contributed by atoms with van der Waals surface area (Å²) in [6, 6.07) is 7.10. The van der Waals surface area contributed by atoms with Gasteiger partial charge >= 0.3 is 0 Å². The molecule has 0 saturated carbocycles. The fourth-order valence-corrected chi connectivity index (χ4v) is 3.64. The van der Waals surface area contributed by atoms with E-state index in [4.69, 9.17) is 4.74 Å². The molecule has 0 bridgehead atoms. The number of pyridine rings is 1. The largest absolute Gasteiger partial charge is 0.508 e. The molecule has 0 spiro atoms. The monoisotopic (exact) mass is 413 g/mol. The molecule has 0 radical (unpaired) electrons. The Hall–Kier alpha value is -3.16. The molecule has 0 unspecified atom stereocenters. The number of hydrogen-bond donors (Lipinski definition) is 2. The van der Waals surface area contributed by atoms with Crippen molar-refractivity contribution in [2.24, 2.45) is 0 Å². The second kappa shape index (κ2) is 9.56. The van der Waals surface area contributed by atoms with E-state index in [-0.39, 0.29) is 11.7 Å². The summed E-state index contributed by atoms with van der Waals surface area (Å²) >= 11 is 0. The Labute approximate surface area is 178 Å². The topological polar surface area (TPSA) is 81.2 Å². The van der Waals surface area contributed by atoms with Crippen LogP contribution < -0.4 is 19.9 Å². The molecular formula is C22H31N5O3. The number of carbonyl (C=O) groups excluding carboxylic acids is 1. The number of amides is 1. The van der Waals surface area contributed by atoms with Crippen molar-refractivity contribution in [3.63, 3.8) is 0 Å². The Kier molecular flexibility index (Phi) is 6.87. The van der Waals surface area contributed by atoms with Crippen LogP contribution in [0.15, 0.2) is 30.5 Å². The van der Waals surface area contributed by atoms with Crippen molar-refractivity contribution in [2.45, 2.75) is 13.3 Å². The molecule has 1 saturated heterocycles. The minimum atomic E-state index is -0.0562. The second-order valence-electron chi connectivity index (χ2n) is 7.51. The number of aromatic nitrogens is 1. The van der Waals surface area contributed by atoms with Crippen LogP contribution in [0.5, 0.6) is 11.5 Å². The van der Waals surface area contributed by atoms with Gasteiger partial charge in [0.25, 0.3) is 5.91 Å². The Morgan fingerprint density at radius 1 is 1.17 bits per heavy atom. The van der Waals surface area contributed by atoms with E-state index in [9.17, 15) is 9.90 Å². The number of ether oxygens (including phenoxy) is 1. The third-order valence-corrected chi connectivity index (χ3v) is 5.22. The average Bonchev–Trinajstić information content (AvgIpc) is 2.76. The zero-order valence-corrected chi connectivity index (χ0v) is 18.2. The minimum absolute atomic E-state index is 0.0562. The van der Waals surface area contributed by atoms with E-state index in [1.165, 1.54) is 0 Å². The van der Waals surface area contributed by atoms with Gasteiger partial charge in [-0.25, -0.2) is 4.98 Å². The fraction of sp³-hybridized carbons (Fsp3) is 0.455. The van der Waals surface area contributed by atoms with Gasteiger partial charge in [0.05, 0.1) is 18.5 Å². The molecule has 2 aromatic rings. The lowest BCUT2D eigenvalue weighted by Crippen LogP contribution is -2.47. The van der Waals surface area contributed by atoms with Crippen LogP contribution in [0.4, 0.5) is 17.2 Å². The first-order chi connectivity index (χ1) is 14.5. The highest BCUT2D eigenvalue weighted by Gasteiger charge is 2.26. The van der Waals surface area contributed by atoms with Crippen molar-refractivity contribution in [1.29, 1.82) is 0 Å². The number of carbonyl (C=O) groups is 1. The molecule has 0 atom stereocenters. The number of nitrogens with zero attached hydrogens (tertiary/aromatic N) is 4. The number of piperazine rings is 1. The zero-order chi connectivity index (χ0) is 21.7. The lowest BCUT2D eigenvalue weighted by Gasteiger charge is -2.38. The Bertz CT molecular complexity index is 879. The van der Waals surface area contributed by atoms with Crippen LogP contribution in [0.3, 0.4) is 0 Å². The van der Waals surface area contributed by atoms with Gasteiger partial charge < -0.3 is 29.9 Å². The number of methoxy groups -OCH3 is 1. The van der Waals surface area contributed by atoms with Crippen molar-refractivity contribution in [1.82, 2.24) is 9.88 Å². The van der Waals surface area contributed by atoms with Gasteiger partial charge in [0.1, 0.15) is 22.9 Å². The van der Waals surface area contributed by atoms with E-state index < -0.39 is 0 Å². The van der Waals surface area contributed by atoms with Crippen molar-refractivity contribution in [3.8, 4) is 11.5 Å². The number of anilines is 3. The van der Waals surface area contributed by atoms with Crippen LogP contribution in [0.2, 0.25) is 0 Å². The first-order valence-electron chi connectivity index (χ1n) is 10.3. The van der Waals surface area contributed by atoms with E-state index >= 15 is 0 Å². The average molecular weight is 414 g/mol. The molecule has 2 heterocycles. The number of rotatable bonds is 7. The number of nitrogens with one attached hydrogen (secondary N) is 1. The molecule has 1 amide bonds. The number of phenols is 1. The molecule has 1 aromatic carbocycles. The molecule has 8 nitrogen and oxygen atoms in total. The molecule has 162 valence electrons. The van der Waals surface area contributed by atoms with E-state index in [2.05, 4.69) is 27.0 Å². The molecular weight excluding hydrogens is 382 g/mol. The van der Waals surface area contributed by atoms with Crippen LogP contribution in [0.1, 0.15) is 23.7 Å². The van der Waals surface area contributed by atoms with E-state index in [1.807, 2.05) is 12.1 Å². The third-order valence-electron chi connectivity index (χ3n) is 5.22. The van der Waals surface area contributed by atoms with Gasteiger partial charge in [-0.2, -0.15) is 0 Å². The maximum atomic E-state index is 13.0. The van der Waals surface area contributed by atoms with Gasteiger partial charge in [0, 0.05) is 59.1 Å². The molecule has 2 N–H and O–H groups in total. The molecule has 0 aliphatic carbocycles. The SMILES string of the molecule is CCCNc1nccc(N2CCN(c3ccc(O)cc3OC)CC2)c1C(=O)N(C)C. The van der Waals surface area contributed by atoms with Crippen LogP contribution in [0.25, 0.3) is 0 Å². The van der Waals surface area contributed by atoms with Crippen LogP contribution >= 0.6 is 0 Å². The Morgan fingerprint density at radius 2 is 1.83 bits per heavy atom. The molecule has 1 aromatic heterocycles. The van der Waals surface area contributed by atoms with Crippen molar-refractivity contribution < 1.29 is 14.6 Å². The third kappa shape index (κ3) is 4.53. The molecule has 1 aliphatic rings. The van der Waals surface area contributed by atoms with Crippen LogP contribution in [0, 0.1) is 0 Å². The summed E-state index contributed by atoms with van der Waals surface area (Å²) in [4.78, 5) is 23.5. The van der Waals surface area contributed by atoms with Crippen LogP contribution in [-0.4, -0.2) is 74.8 Å². The minimum Gasteiger partial charge on any atom is -0.508 e. The summed E-state index contributed by atoms with van der Waals surface area (Å²) < 4.78 is 5.44. The maximum Gasteiger partial charge on any atom is 0.259 e. The smallest absolute Gasteiger partial charge is 0.259 e. The van der Waals surface area contributed by atoms with Gasteiger partial charge in [-0.1, -0.05) is 6.92 Å². The summed E-state index contributed by atoms with van der Waals surface area (Å²) in [5, 5.41) is 13.0. The highest BCUT2D eigenvalue weighted by Crippen LogP contribution is 2.34. The van der Waals surface area contributed by atoms with Crippen LogP contribution in [-0.2, 0) is 0 Å². The van der Waals surface area contributed by atoms with Gasteiger partial charge in [-0.3, -0.25) is 4.79 Å². The predicted molar refractivity (Wildman–Crippen MR) is 120 cm³/mol.